The number of nitrogens with two attached hydrogens (primary N) is 1. The Labute approximate surface area is 272 Å². The van der Waals surface area contributed by atoms with Gasteiger partial charge in [0, 0.05) is 41.7 Å². The maximum Gasteiger partial charge on any atom is 0.512 e. The number of carbonyl (C=O) groups is 4. The zero-order valence-corrected chi connectivity index (χ0v) is 26.4. The van der Waals surface area contributed by atoms with E-state index >= 15 is 0 Å². The van der Waals surface area contributed by atoms with E-state index in [1.54, 1.807) is 4.90 Å². The number of ether oxygens (including phenoxy) is 1. The second-order valence-electron chi connectivity index (χ2n) is 10.1. The van der Waals surface area contributed by atoms with Gasteiger partial charge in [-0.2, -0.15) is 9.50 Å². The predicted octanol–water partition coefficient (Wildman–Crippen LogP) is 0.944. The lowest BCUT2D eigenvalue weighted by Crippen LogP contribution is -2.70. The average molecular weight is 691 g/mol. The maximum atomic E-state index is 13.2. The zero-order valence-electron chi connectivity index (χ0n) is 24.0. The van der Waals surface area contributed by atoms with Crippen LogP contribution in [0.15, 0.2) is 33.3 Å². The van der Waals surface area contributed by atoms with Crippen molar-refractivity contribution >= 4 is 75.4 Å². The number of likely N-dealkylation sites (tertiary alicyclic amines) is 1. The van der Waals surface area contributed by atoms with E-state index in [2.05, 4.69) is 30.5 Å². The number of aromatic hydroxyl groups is 1. The number of oxime groups is 1. The third kappa shape index (κ3) is 5.99. The lowest BCUT2D eigenvalue weighted by atomic mass is 10.1. The van der Waals surface area contributed by atoms with Crippen molar-refractivity contribution in [2.75, 3.05) is 37.4 Å². The molecule has 18 nitrogen and oxygen atoms in total. The number of anilines is 1. The first-order valence-electron chi connectivity index (χ1n) is 13.7. The Morgan fingerprint density at radius 2 is 2.02 bits per heavy atom. The molecule has 5 N–H and O–H groups in total. The van der Waals surface area contributed by atoms with E-state index in [4.69, 9.17) is 15.3 Å². The summed E-state index contributed by atoms with van der Waals surface area (Å²) in [5, 5.41) is 32.1. The Hall–Kier alpha value is -4.63. The lowest BCUT2D eigenvalue weighted by Gasteiger charge is -2.49. The Balaban J connectivity index is 1.17. The van der Waals surface area contributed by atoms with Crippen molar-refractivity contribution in [1.29, 1.82) is 0 Å². The molecule has 0 radical (unpaired) electrons. The fourth-order valence-corrected chi connectivity index (χ4v) is 7.86. The van der Waals surface area contributed by atoms with Crippen molar-refractivity contribution in [2.45, 2.75) is 35.8 Å². The molecule has 2 saturated heterocycles. The molecule has 0 unspecified atom stereocenters. The molecule has 46 heavy (non-hydrogen) atoms. The number of carbonyl (C=O) groups excluding carboxylic acids is 3. The molecular formula is C25H26N10O8S3. The molecule has 2 fully saturated rings. The minimum atomic E-state index is -1.62. The van der Waals surface area contributed by atoms with Gasteiger partial charge in [0.2, 0.25) is 16.9 Å². The minimum absolute atomic E-state index is 0.0136. The van der Waals surface area contributed by atoms with Gasteiger partial charge in [-0.3, -0.25) is 19.3 Å². The number of aromatic nitrogens is 5. The number of amides is 3. The van der Waals surface area contributed by atoms with E-state index in [0.717, 1.165) is 46.9 Å². The van der Waals surface area contributed by atoms with Gasteiger partial charge in [-0.05, 0) is 19.3 Å². The molecule has 0 spiro atoms. The second kappa shape index (κ2) is 13.0. The highest BCUT2D eigenvalue weighted by Crippen LogP contribution is 2.42. The summed E-state index contributed by atoms with van der Waals surface area (Å²) in [7, 11) is 1.26. The summed E-state index contributed by atoms with van der Waals surface area (Å²) < 4.78 is 6.11. The fourth-order valence-electron chi connectivity index (χ4n) is 5.05. The standard InChI is InChI=1S/C25H26N10O8S3/c1-42-32-14(13-10-45-22(26)28-13)16(36)29-15-19(39)34-20(43-25(40)41)11(8-44-21(15)34)9-46-24-30-23-27-7-12(18(38)35(23)31-24)17(37)33-5-3-2-4-6-33/h7,10,15,21,38H,2-6,8-9H2,1H3,(H2,26,28)(H,29,36)(H,40,41)/b32-14-/t15-,21-/m1/s1. The van der Waals surface area contributed by atoms with Crippen molar-refractivity contribution in [3.05, 3.63) is 34.3 Å². The number of nitrogens with zero attached hydrogens (tertiary/aromatic N) is 8. The molecule has 0 saturated carbocycles. The van der Waals surface area contributed by atoms with Crippen LogP contribution >= 0.6 is 34.9 Å². The summed E-state index contributed by atoms with van der Waals surface area (Å²) >= 11 is 3.49. The van der Waals surface area contributed by atoms with Crippen molar-refractivity contribution in [3.63, 3.8) is 0 Å². The molecule has 21 heteroatoms. The molecule has 6 rings (SSSR count). The fraction of sp³-hybridized carbons (Fsp3) is 0.400. The van der Waals surface area contributed by atoms with Crippen LogP contribution in [0.1, 0.15) is 35.3 Å². The average Bonchev–Trinajstić information content (AvgIpc) is 3.67. The highest BCUT2D eigenvalue weighted by atomic mass is 32.2. The number of hydrogen-bond donors (Lipinski definition) is 4. The lowest BCUT2D eigenvalue weighted by molar-refractivity contribution is -0.148. The van der Waals surface area contributed by atoms with E-state index in [1.807, 2.05) is 0 Å². The molecule has 3 aromatic heterocycles. The molecular weight excluding hydrogens is 665 g/mol. The number of thiazole rings is 1. The molecule has 0 aromatic carbocycles. The first-order valence-corrected chi connectivity index (χ1v) is 16.6. The van der Waals surface area contributed by atoms with Gasteiger partial charge in [0.1, 0.15) is 29.8 Å². The topological polar surface area (TPSA) is 240 Å². The zero-order chi connectivity index (χ0) is 32.5. The van der Waals surface area contributed by atoms with Crippen molar-refractivity contribution < 1.29 is 39.0 Å². The predicted molar refractivity (Wildman–Crippen MR) is 164 cm³/mol. The van der Waals surface area contributed by atoms with Crippen LogP contribution in [0, 0.1) is 0 Å². The molecule has 3 amide bonds. The summed E-state index contributed by atoms with van der Waals surface area (Å²) in [5.41, 5.74) is 6.14. The largest absolute Gasteiger partial charge is 0.512 e. The van der Waals surface area contributed by atoms with E-state index in [-0.39, 0.29) is 62.2 Å². The first-order chi connectivity index (χ1) is 22.2. The summed E-state index contributed by atoms with van der Waals surface area (Å²) in [5.74, 6) is -1.78. The molecule has 242 valence electrons. The number of thioether (sulfide) groups is 2. The number of nitrogen functional groups attached to an aromatic ring is 1. The number of carboxylic acid groups (broad SMARTS) is 1. The molecule has 3 aliphatic rings. The van der Waals surface area contributed by atoms with Gasteiger partial charge in [0.15, 0.2) is 10.8 Å². The molecule has 3 aromatic rings. The number of nitrogens with one attached hydrogen (secondary N) is 1. The van der Waals surface area contributed by atoms with Crippen molar-refractivity contribution in [3.8, 4) is 5.88 Å². The Bertz CT molecular complexity index is 1790. The van der Waals surface area contributed by atoms with Gasteiger partial charge in [-0.15, -0.1) is 28.2 Å². The molecule has 0 aliphatic carbocycles. The maximum absolute atomic E-state index is 13.2. The monoisotopic (exact) mass is 690 g/mol. The molecule has 2 atom stereocenters. The van der Waals surface area contributed by atoms with Gasteiger partial charge in [0.05, 0.1) is 0 Å². The van der Waals surface area contributed by atoms with E-state index in [0.29, 0.717) is 18.7 Å². The number of fused-ring (bicyclic) bond motifs is 2. The van der Waals surface area contributed by atoms with Crippen LogP contribution in [0.25, 0.3) is 5.78 Å². The van der Waals surface area contributed by atoms with Crippen molar-refractivity contribution in [1.82, 2.24) is 39.7 Å². The van der Waals surface area contributed by atoms with E-state index in [9.17, 15) is 29.4 Å². The third-order valence-corrected chi connectivity index (χ3v) is 10.1. The highest BCUT2D eigenvalue weighted by molar-refractivity contribution is 8.01. The summed E-state index contributed by atoms with van der Waals surface area (Å²) in [6.45, 7) is 1.20. The van der Waals surface area contributed by atoms with Crippen LogP contribution in [0.4, 0.5) is 9.93 Å². The Morgan fingerprint density at radius 3 is 2.72 bits per heavy atom. The van der Waals surface area contributed by atoms with Crippen LogP contribution < -0.4 is 11.1 Å². The summed E-state index contributed by atoms with van der Waals surface area (Å²) in [4.78, 5) is 70.9. The quantitative estimate of drug-likeness (QED) is 0.0803. The normalized spacial score (nSPS) is 19.9. The second-order valence-corrected chi connectivity index (χ2v) is 13.0. The summed E-state index contributed by atoms with van der Waals surface area (Å²) in [6, 6.07) is -1.01. The molecule has 0 bridgehead atoms. The molecule has 3 aliphatic heterocycles. The third-order valence-electron chi connectivity index (χ3n) is 7.20. The smallest absolute Gasteiger partial charge is 0.493 e. The first kappa shape index (κ1) is 31.4. The van der Waals surface area contributed by atoms with Crippen LogP contribution in [-0.4, -0.2) is 117 Å². The Morgan fingerprint density at radius 1 is 1.24 bits per heavy atom. The number of rotatable bonds is 9. The number of piperidine rings is 1. The highest BCUT2D eigenvalue weighted by Gasteiger charge is 2.54. The van der Waals surface area contributed by atoms with Crippen LogP contribution in [0.5, 0.6) is 5.88 Å². The SMILES string of the molecule is CO/N=C(\C(=O)N[C@@H]1C(=O)N2C(OC(=O)O)=C(CSc3nc4ncc(C(=O)N5CCCCC5)c(O)n4n3)CS[C@H]12)c1csc(N)n1. The Kier molecular flexibility index (Phi) is 8.86. The molecule has 6 heterocycles. The van der Waals surface area contributed by atoms with Gasteiger partial charge < -0.3 is 35.7 Å². The summed E-state index contributed by atoms with van der Waals surface area (Å²) in [6.07, 6.45) is 2.47. The van der Waals surface area contributed by atoms with Gasteiger partial charge >= 0.3 is 6.16 Å². The van der Waals surface area contributed by atoms with E-state index in [1.165, 1.54) is 35.3 Å². The van der Waals surface area contributed by atoms with Gasteiger partial charge in [-0.1, -0.05) is 16.9 Å². The number of β-lactam (4-membered cyclic amide) rings is 1. The van der Waals surface area contributed by atoms with Crippen LogP contribution in [-0.2, 0) is 19.2 Å². The van der Waals surface area contributed by atoms with Gasteiger partial charge in [-0.25, -0.2) is 14.8 Å². The minimum Gasteiger partial charge on any atom is -0.493 e. The van der Waals surface area contributed by atoms with Gasteiger partial charge in [0.25, 0.3) is 23.5 Å². The van der Waals surface area contributed by atoms with Crippen LogP contribution in [0.3, 0.4) is 0 Å². The van der Waals surface area contributed by atoms with Crippen LogP contribution in [0.2, 0.25) is 0 Å². The van der Waals surface area contributed by atoms with E-state index < -0.39 is 29.4 Å². The van der Waals surface area contributed by atoms with Crippen molar-refractivity contribution in [2.24, 2.45) is 5.16 Å². The number of hydrogen-bond acceptors (Lipinski definition) is 16.